The third kappa shape index (κ3) is 2.67. The molecular formula is C11H10BrN3O3. The molecule has 2 N–H and O–H groups in total. The van der Waals surface area contributed by atoms with Gasteiger partial charge in [0.1, 0.15) is 18.0 Å². The van der Waals surface area contributed by atoms with Crippen LogP contribution in [-0.4, -0.2) is 16.3 Å². The summed E-state index contributed by atoms with van der Waals surface area (Å²) in [6.07, 6.45) is 0. The van der Waals surface area contributed by atoms with Crippen LogP contribution in [0.3, 0.4) is 0 Å². The van der Waals surface area contributed by atoms with E-state index < -0.39 is 5.97 Å². The maximum absolute atomic E-state index is 11.7. The number of carbonyl (C=O) groups is 1. The van der Waals surface area contributed by atoms with Gasteiger partial charge in [-0.15, -0.1) is 0 Å². The molecule has 0 saturated carbocycles. The van der Waals surface area contributed by atoms with E-state index >= 15 is 0 Å². The highest BCUT2D eigenvalue weighted by atomic mass is 79.9. The number of aryl methyl sites for hydroxylation is 1. The summed E-state index contributed by atoms with van der Waals surface area (Å²) in [5, 5.41) is 7.21. The van der Waals surface area contributed by atoms with E-state index in [1.807, 2.05) is 0 Å². The standard InChI is InChI=1S/C11H10BrN3O3/c1-6-10(15-18-14-6)5-17-11(16)7-2-3-8(12)9(13)4-7/h2-4H,5,13H2,1H3. The Hall–Kier alpha value is -1.89. The van der Waals surface area contributed by atoms with E-state index in [4.69, 9.17) is 10.5 Å². The van der Waals surface area contributed by atoms with Gasteiger partial charge in [-0.25, -0.2) is 9.42 Å². The highest BCUT2D eigenvalue weighted by Gasteiger charge is 2.12. The van der Waals surface area contributed by atoms with Gasteiger partial charge in [-0.05, 0) is 41.1 Å². The van der Waals surface area contributed by atoms with E-state index in [1.165, 1.54) is 0 Å². The molecule has 0 fully saturated rings. The van der Waals surface area contributed by atoms with Gasteiger partial charge in [0.25, 0.3) is 0 Å². The fourth-order valence-electron chi connectivity index (χ4n) is 1.27. The van der Waals surface area contributed by atoms with Gasteiger partial charge in [0.15, 0.2) is 0 Å². The molecule has 2 rings (SSSR count). The molecule has 0 atom stereocenters. The average Bonchev–Trinajstić information content (AvgIpc) is 2.75. The van der Waals surface area contributed by atoms with E-state index in [0.29, 0.717) is 22.6 Å². The minimum absolute atomic E-state index is 0.0180. The number of hydrogen-bond donors (Lipinski definition) is 1. The van der Waals surface area contributed by atoms with Crippen molar-refractivity contribution in [2.24, 2.45) is 0 Å². The van der Waals surface area contributed by atoms with Crippen LogP contribution in [0.1, 0.15) is 21.7 Å². The van der Waals surface area contributed by atoms with Gasteiger partial charge in [-0.1, -0.05) is 10.3 Å². The molecular weight excluding hydrogens is 302 g/mol. The van der Waals surface area contributed by atoms with Crippen molar-refractivity contribution in [3.8, 4) is 0 Å². The largest absolute Gasteiger partial charge is 0.455 e. The number of carbonyl (C=O) groups excluding carboxylic acids is 1. The van der Waals surface area contributed by atoms with Crippen LogP contribution in [-0.2, 0) is 11.3 Å². The maximum atomic E-state index is 11.7. The molecule has 0 unspecified atom stereocenters. The Morgan fingerprint density at radius 2 is 2.28 bits per heavy atom. The number of hydrogen-bond acceptors (Lipinski definition) is 6. The summed E-state index contributed by atoms with van der Waals surface area (Å²) in [5.41, 5.74) is 7.63. The van der Waals surface area contributed by atoms with Gasteiger partial charge in [-0.2, -0.15) is 0 Å². The number of anilines is 1. The second-order valence-electron chi connectivity index (χ2n) is 3.61. The lowest BCUT2D eigenvalue weighted by atomic mass is 10.2. The Balaban J connectivity index is 2.04. The van der Waals surface area contributed by atoms with Crippen LogP contribution in [0, 0.1) is 6.92 Å². The summed E-state index contributed by atoms with van der Waals surface area (Å²) in [6, 6.07) is 4.85. The topological polar surface area (TPSA) is 91.2 Å². The fourth-order valence-corrected chi connectivity index (χ4v) is 1.52. The molecule has 0 radical (unpaired) electrons. The van der Waals surface area contributed by atoms with Gasteiger partial charge in [0, 0.05) is 10.2 Å². The highest BCUT2D eigenvalue weighted by Crippen LogP contribution is 2.20. The number of benzene rings is 1. The van der Waals surface area contributed by atoms with Crippen LogP contribution in [0.25, 0.3) is 0 Å². The average molecular weight is 312 g/mol. The first-order valence-electron chi connectivity index (χ1n) is 5.08. The molecule has 0 saturated heterocycles. The molecule has 1 aromatic carbocycles. The van der Waals surface area contributed by atoms with Gasteiger partial charge in [0.2, 0.25) is 0 Å². The van der Waals surface area contributed by atoms with E-state index in [2.05, 4.69) is 30.9 Å². The quantitative estimate of drug-likeness (QED) is 0.689. The van der Waals surface area contributed by atoms with Gasteiger partial charge < -0.3 is 10.5 Å². The van der Waals surface area contributed by atoms with Crippen molar-refractivity contribution in [2.45, 2.75) is 13.5 Å². The van der Waals surface area contributed by atoms with Crippen molar-refractivity contribution >= 4 is 27.6 Å². The van der Waals surface area contributed by atoms with Crippen molar-refractivity contribution in [3.63, 3.8) is 0 Å². The van der Waals surface area contributed by atoms with Crippen molar-refractivity contribution in [2.75, 3.05) is 5.73 Å². The Morgan fingerprint density at radius 1 is 1.50 bits per heavy atom. The zero-order valence-corrected chi connectivity index (χ0v) is 11.1. The second-order valence-corrected chi connectivity index (χ2v) is 4.46. The first-order valence-corrected chi connectivity index (χ1v) is 5.87. The molecule has 94 valence electrons. The minimum Gasteiger partial charge on any atom is -0.455 e. The zero-order chi connectivity index (χ0) is 13.1. The maximum Gasteiger partial charge on any atom is 0.338 e. The number of esters is 1. The number of aromatic nitrogens is 2. The fraction of sp³-hybridized carbons (Fsp3) is 0.182. The summed E-state index contributed by atoms with van der Waals surface area (Å²) >= 11 is 3.25. The number of nitrogens with zero attached hydrogens (tertiary/aromatic N) is 2. The number of ether oxygens (including phenoxy) is 1. The Labute approximate surface area is 111 Å². The smallest absolute Gasteiger partial charge is 0.338 e. The van der Waals surface area contributed by atoms with Crippen molar-refractivity contribution in [3.05, 3.63) is 39.6 Å². The van der Waals surface area contributed by atoms with Crippen LogP contribution in [0.5, 0.6) is 0 Å². The first kappa shape index (κ1) is 12.6. The molecule has 0 spiro atoms. The third-order valence-electron chi connectivity index (χ3n) is 2.32. The van der Waals surface area contributed by atoms with Gasteiger partial charge >= 0.3 is 5.97 Å². The predicted molar refractivity (Wildman–Crippen MR) is 66.7 cm³/mol. The van der Waals surface area contributed by atoms with E-state index in [9.17, 15) is 4.79 Å². The van der Waals surface area contributed by atoms with Gasteiger partial charge in [0.05, 0.1) is 5.56 Å². The molecule has 7 heteroatoms. The van der Waals surface area contributed by atoms with E-state index in [-0.39, 0.29) is 6.61 Å². The number of nitrogen functional groups attached to an aromatic ring is 1. The normalized spacial score (nSPS) is 10.3. The van der Waals surface area contributed by atoms with E-state index in [1.54, 1.807) is 25.1 Å². The summed E-state index contributed by atoms with van der Waals surface area (Å²) in [4.78, 5) is 11.7. The molecule has 0 aliphatic rings. The molecule has 0 bridgehead atoms. The Morgan fingerprint density at radius 3 is 2.89 bits per heavy atom. The summed E-state index contributed by atoms with van der Waals surface area (Å²) < 4.78 is 10.3. The van der Waals surface area contributed by atoms with Crippen LogP contribution in [0.4, 0.5) is 5.69 Å². The van der Waals surface area contributed by atoms with Crippen molar-refractivity contribution < 1.29 is 14.2 Å². The highest BCUT2D eigenvalue weighted by molar-refractivity contribution is 9.10. The van der Waals surface area contributed by atoms with Crippen LogP contribution in [0.15, 0.2) is 27.3 Å². The molecule has 1 aromatic heterocycles. The number of halogens is 1. The summed E-state index contributed by atoms with van der Waals surface area (Å²) in [5.74, 6) is -0.475. The van der Waals surface area contributed by atoms with Crippen molar-refractivity contribution in [1.29, 1.82) is 0 Å². The summed E-state index contributed by atoms with van der Waals surface area (Å²) in [7, 11) is 0. The van der Waals surface area contributed by atoms with Crippen LogP contribution in [0.2, 0.25) is 0 Å². The number of nitrogens with two attached hydrogens (primary N) is 1. The molecule has 1 heterocycles. The Bertz CT molecular complexity index is 583. The van der Waals surface area contributed by atoms with Crippen LogP contribution < -0.4 is 5.73 Å². The molecule has 18 heavy (non-hydrogen) atoms. The minimum atomic E-state index is -0.475. The van der Waals surface area contributed by atoms with Crippen molar-refractivity contribution in [1.82, 2.24) is 10.3 Å². The lowest BCUT2D eigenvalue weighted by Gasteiger charge is -2.04. The first-order chi connectivity index (χ1) is 8.58. The lowest BCUT2D eigenvalue weighted by molar-refractivity contribution is 0.0463. The molecule has 6 nitrogen and oxygen atoms in total. The monoisotopic (exact) mass is 311 g/mol. The lowest BCUT2D eigenvalue weighted by Crippen LogP contribution is -2.06. The Kier molecular flexibility index (Phi) is 3.61. The molecule has 2 aromatic rings. The number of rotatable bonds is 3. The third-order valence-corrected chi connectivity index (χ3v) is 3.04. The molecule has 0 aliphatic heterocycles. The van der Waals surface area contributed by atoms with E-state index in [0.717, 1.165) is 4.47 Å². The van der Waals surface area contributed by atoms with Crippen LogP contribution >= 0.6 is 15.9 Å². The summed E-state index contributed by atoms with van der Waals surface area (Å²) in [6.45, 7) is 1.74. The predicted octanol–water partition coefficient (Wildman–Crippen LogP) is 2.08. The SMILES string of the molecule is Cc1nonc1COC(=O)c1ccc(Br)c(N)c1. The second kappa shape index (κ2) is 5.18. The molecule has 0 amide bonds. The van der Waals surface area contributed by atoms with Gasteiger partial charge in [-0.3, -0.25) is 0 Å². The zero-order valence-electron chi connectivity index (χ0n) is 9.51. The molecule has 0 aliphatic carbocycles.